The zero-order chi connectivity index (χ0) is 54.3. The number of ether oxygens (including phenoxy) is 3. The number of hydrogen-bond acceptors (Lipinski definition) is 6. The maximum atomic E-state index is 12.9. The lowest BCUT2D eigenvalue weighted by atomic mass is 10.1. The van der Waals surface area contributed by atoms with E-state index in [0.29, 0.717) is 19.3 Å². The molecule has 0 bridgehead atoms. The summed E-state index contributed by atoms with van der Waals surface area (Å²) in [5.74, 6) is -0.992. The van der Waals surface area contributed by atoms with Gasteiger partial charge >= 0.3 is 17.9 Å². The van der Waals surface area contributed by atoms with Crippen LogP contribution in [0.25, 0.3) is 0 Å². The predicted octanol–water partition coefficient (Wildman–Crippen LogP) is 21.4. The second-order valence-electron chi connectivity index (χ2n) is 20.6. The van der Waals surface area contributed by atoms with Gasteiger partial charge in [-0.2, -0.15) is 0 Å². The van der Waals surface area contributed by atoms with Crippen molar-refractivity contribution in [1.82, 2.24) is 0 Å². The standard InChI is InChI=1S/C69H116O6/c1-4-7-10-13-16-19-22-25-28-31-34-37-40-43-46-49-52-55-58-61-67(70)73-64-66(75-69(72)63-60-57-54-51-48-45-42-39-36-33-30-27-24-21-18-15-12-9-6-3)65-74-68(71)62-59-56-53-50-47-44-41-38-35-32-29-26-23-20-17-14-11-8-5-2/h7,10,16,18-19,21,25-30,34,37,43,46,52,55,66H,4-6,8-9,11-15,17,20,22-24,31-33,35-36,38-42,44-45,47-51,53-54,56-65H2,1-3H3/b10-7-,19-16-,21-18-,28-25-,29-26-,30-27-,37-34-,46-43-,55-52-. The van der Waals surface area contributed by atoms with Crippen molar-refractivity contribution in [3.8, 4) is 0 Å². The van der Waals surface area contributed by atoms with Crippen LogP contribution in [0.1, 0.15) is 290 Å². The van der Waals surface area contributed by atoms with E-state index in [9.17, 15) is 14.4 Å². The van der Waals surface area contributed by atoms with Crippen LogP contribution in [0, 0.1) is 0 Å². The summed E-state index contributed by atoms with van der Waals surface area (Å²) in [6, 6.07) is 0. The highest BCUT2D eigenvalue weighted by atomic mass is 16.6. The minimum atomic E-state index is -0.815. The second kappa shape index (κ2) is 62.6. The summed E-state index contributed by atoms with van der Waals surface area (Å²) in [5, 5.41) is 0. The highest BCUT2D eigenvalue weighted by molar-refractivity contribution is 5.71. The molecule has 0 aliphatic rings. The van der Waals surface area contributed by atoms with Crippen molar-refractivity contribution in [2.24, 2.45) is 0 Å². The van der Waals surface area contributed by atoms with Gasteiger partial charge in [0.2, 0.25) is 0 Å². The van der Waals surface area contributed by atoms with Crippen molar-refractivity contribution >= 4 is 17.9 Å². The van der Waals surface area contributed by atoms with Crippen molar-refractivity contribution in [2.45, 2.75) is 297 Å². The zero-order valence-electron chi connectivity index (χ0n) is 49.0. The van der Waals surface area contributed by atoms with Crippen LogP contribution >= 0.6 is 0 Å². The van der Waals surface area contributed by atoms with E-state index in [-0.39, 0.29) is 37.5 Å². The van der Waals surface area contributed by atoms with Crippen molar-refractivity contribution in [1.29, 1.82) is 0 Å². The van der Waals surface area contributed by atoms with E-state index in [1.54, 1.807) is 0 Å². The molecule has 75 heavy (non-hydrogen) atoms. The molecule has 0 saturated carbocycles. The molecule has 0 aliphatic carbocycles. The molecule has 0 fully saturated rings. The highest BCUT2D eigenvalue weighted by Gasteiger charge is 2.19. The van der Waals surface area contributed by atoms with E-state index in [1.165, 1.54) is 161 Å². The lowest BCUT2D eigenvalue weighted by Gasteiger charge is -2.18. The fourth-order valence-electron chi connectivity index (χ4n) is 8.55. The minimum absolute atomic E-state index is 0.104. The smallest absolute Gasteiger partial charge is 0.306 e. The van der Waals surface area contributed by atoms with E-state index in [1.807, 2.05) is 6.08 Å². The van der Waals surface area contributed by atoms with Gasteiger partial charge in [0.1, 0.15) is 13.2 Å². The summed E-state index contributed by atoms with van der Waals surface area (Å²) < 4.78 is 16.9. The van der Waals surface area contributed by atoms with E-state index in [4.69, 9.17) is 14.2 Å². The van der Waals surface area contributed by atoms with E-state index >= 15 is 0 Å². The van der Waals surface area contributed by atoms with Crippen LogP contribution in [0.15, 0.2) is 109 Å². The van der Waals surface area contributed by atoms with Crippen molar-refractivity contribution in [3.63, 3.8) is 0 Å². The summed E-state index contributed by atoms with van der Waals surface area (Å²) in [5.41, 5.74) is 0. The number of esters is 3. The van der Waals surface area contributed by atoms with Crippen LogP contribution in [0.4, 0.5) is 0 Å². The van der Waals surface area contributed by atoms with Crippen molar-refractivity contribution < 1.29 is 28.6 Å². The van der Waals surface area contributed by atoms with Gasteiger partial charge in [-0.3, -0.25) is 14.4 Å². The van der Waals surface area contributed by atoms with Crippen molar-refractivity contribution in [2.75, 3.05) is 13.2 Å². The summed E-state index contributed by atoms with van der Waals surface area (Å²) in [6.45, 7) is 6.45. The fourth-order valence-corrected chi connectivity index (χ4v) is 8.55. The Morgan fingerprint density at radius 3 is 0.933 bits per heavy atom. The monoisotopic (exact) mass is 1040 g/mol. The molecule has 0 aliphatic heterocycles. The predicted molar refractivity (Wildman–Crippen MR) is 325 cm³/mol. The Morgan fingerprint density at radius 2 is 0.547 bits per heavy atom. The molecular weight excluding hydrogens is 925 g/mol. The molecule has 6 nitrogen and oxygen atoms in total. The van der Waals surface area contributed by atoms with Gasteiger partial charge < -0.3 is 14.2 Å². The number of carbonyl (C=O) groups excluding carboxylic acids is 3. The molecule has 1 atom stereocenters. The maximum Gasteiger partial charge on any atom is 0.306 e. The quantitative estimate of drug-likeness (QED) is 0.0261. The van der Waals surface area contributed by atoms with Crippen LogP contribution in [0.3, 0.4) is 0 Å². The molecule has 0 amide bonds. The first-order valence-electron chi connectivity index (χ1n) is 31.4. The van der Waals surface area contributed by atoms with Gasteiger partial charge in [-0.1, -0.05) is 265 Å². The fraction of sp³-hybridized carbons (Fsp3) is 0.696. The molecule has 428 valence electrons. The van der Waals surface area contributed by atoms with Crippen LogP contribution in [0.5, 0.6) is 0 Å². The molecule has 0 spiro atoms. The Kier molecular flexibility index (Phi) is 59.3. The van der Waals surface area contributed by atoms with Gasteiger partial charge in [-0.25, -0.2) is 0 Å². The molecule has 0 rings (SSSR count). The van der Waals surface area contributed by atoms with Crippen LogP contribution < -0.4 is 0 Å². The highest BCUT2D eigenvalue weighted by Crippen LogP contribution is 2.15. The van der Waals surface area contributed by atoms with Crippen molar-refractivity contribution in [3.05, 3.63) is 109 Å². The molecule has 0 N–H and O–H groups in total. The van der Waals surface area contributed by atoms with Gasteiger partial charge in [-0.05, 0) is 116 Å². The minimum Gasteiger partial charge on any atom is -0.462 e. The van der Waals surface area contributed by atoms with Gasteiger partial charge in [0.25, 0.3) is 0 Å². The molecule has 0 radical (unpaired) electrons. The Bertz CT molecular complexity index is 1520. The molecule has 6 heteroatoms. The summed E-state index contributed by atoms with van der Waals surface area (Å²) in [6.07, 6.45) is 85.2. The molecule has 0 aromatic rings. The average Bonchev–Trinajstić information content (AvgIpc) is 3.41. The van der Waals surface area contributed by atoms with Crippen LogP contribution in [-0.2, 0) is 28.6 Å². The van der Waals surface area contributed by atoms with Crippen LogP contribution in [-0.4, -0.2) is 37.2 Å². The van der Waals surface area contributed by atoms with Gasteiger partial charge in [0.15, 0.2) is 6.10 Å². The number of allylic oxidation sites excluding steroid dienone is 18. The summed E-state index contributed by atoms with van der Waals surface area (Å²) in [7, 11) is 0. The van der Waals surface area contributed by atoms with E-state index in [0.717, 1.165) is 83.5 Å². The SMILES string of the molecule is CC/C=C\C/C=C\C/C=C\C/C=C\C/C=C\C/C=C\CCC(=O)OCC(COC(=O)CCCCCCCCCCC/C=C\CCCCCCCC)OC(=O)CCCCCCCCCCC/C=C\C/C=C\CCCCC. The van der Waals surface area contributed by atoms with Gasteiger partial charge in [0.05, 0.1) is 0 Å². The Balaban J connectivity index is 4.49. The lowest BCUT2D eigenvalue weighted by molar-refractivity contribution is -0.166. The Labute approximate surface area is 463 Å². The molecule has 0 saturated heterocycles. The average molecular weight is 1040 g/mol. The van der Waals surface area contributed by atoms with Gasteiger partial charge in [0, 0.05) is 19.3 Å². The molecular formula is C69H116O6. The topological polar surface area (TPSA) is 78.9 Å². The lowest BCUT2D eigenvalue weighted by Crippen LogP contribution is -2.30. The molecule has 0 aromatic heterocycles. The maximum absolute atomic E-state index is 12.9. The first-order chi connectivity index (χ1) is 37.0. The van der Waals surface area contributed by atoms with Gasteiger partial charge in [-0.15, -0.1) is 0 Å². The zero-order valence-corrected chi connectivity index (χ0v) is 49.0. The first kappa shape index (κ1) is 71.1. The molecule has 1 unspecified atom stereocenters. The van der Waals surface area contributed by atoms with Crippen LogP contribution in [0.2, 0.25) is 0 Å². The Morgan fingerprint density at radius 1 is 0.280 bits per heavy atom. The second-order valence-corrected chi connectivity index (χ2v) is 20.6. The molecule has 0 heterocycles. The Hall–Kier alpha value is -3.93. The largest absolute Gasteiger partial charge is 0.462 e. The third-order valence-electron chi connectivity index (χ3n) is 13.2. The summed E-state index contributed by atoms with van der Waals surface area (Å²) >= 11 is 0. The number of carbonyl (C=O) groups is 3. The third-order valence-corrected chi connectivity index (χ3v) is 13.2. The van der Waals surface area contributed by atoms with E-state index in [2.05, 4.69) is 124 Å². The normalized spacial score (nSPS) is 12.8. The number of unbranched alkanes of at least 4 members (excludes halogenated alkanes) is 27. The summed E-state index contributed by atoms with van der Waals surface area (Å²) in [4.78, 5) is 38.3. The number of hydrogen-bond donors (Lipinski definition) is 0. The molecule has 0 aromatic carbocycles. The van der Waals surface area contributed by atoms with E-state index < -0.39 is 6.10 Å². The number of rotatable bonds is 56. The first-order valence-corrected chi connectivity index (χ1v) is 31.4. The third kappa shape index (κ3) is 60.8.